The summed E-state index contributed by atoms with van der Waals surface area (Å²) in [6, 6.07) is -0.339. The number of nitrogens with two attached hydrogens (primary N) is 1. The Hall–Kier alpha value is -0.160. The van der Waals surface area contributed by atoms with Gasteiger partial charge in [0.05, 0.1) is 32.0 Å². The van der Waals surface area contributed by atoms with Crippen LogP contribution in [0.15, 0.2) is 0 Å². The van der Waals surface area contributed by atoms with E-state index in [-0.39, 0.29) is 12.1 Å². The summed E-state index contributed by atoms with van der Waals surface area (Å²) in [7, 11) is 0. The molecule has 0 bridgehead atoms. The largest absolute Gasteiger partial charge is 0.383 e. The van der Waals surface area contributed by atoms with E-state index >= 15 is 0 Å². The molecule has 0 aromatic rings. The molecule has 1 fully saturated rings. The zero-order valence-corrected chi connectivity index (χ0v) is 7.62. The third-order valence-corrected chi connectivity index (χ3v) is 2.00. The van der Waals surface area contributed by atoms with E-state index in [9.17, 15) is 5.11 Å². The van der Waals surface area contributed by atoms with Crippen LogP contribution in [0.3, 0.4) is 0 Å². The monoisotopic (exact) mass is 175 g/mol. The van der Waals surface area contributed by atoms with E-state index in [0.29, 0.717) is 19.8 Å². The molecule has 4 nitrogen and oxygen atoms in total. The lowest BCUT2D eigenvalue weighted by Crippen LogP contribution is -2.63. The van der Waals surface area contributed by atoms with E-state index in [1.165, 1.54) is 0 Å². The molecule has 4 heteroatoms. The highest BCUT2D eigenvalue weighted by molar-refractivity contribution is 4.94. The van der Waals surface area contributed by atoms with Crippen LogP contribution in [-0.4, -0.2) is 42.7 Å². The number of rotatable bonds is 4. The SMILES string of the molecule is CC(C)OCC(N)C1(O)COC1. The highest BCUT2D eigenvalue weighted by Gasteiger charge is 2.42. The van der Waals surface area contributed by atoms with Gasteiger partial charge in [-0.3, -0.25) is 0 Å². The maximum atomic E-state index is 9.66. The van der Waals surface area contributed by atoms with Gasteiger partial charge in [0.1, 0.15) is 5.60 Å². The molecule has 1 unspecified atom stereocenters. The first-order chi connectivity index (χ1) is 5.54. The lowest BCUT2D eigenvalue weighted by atomic mass is 9.93. The second kappa shape index (κ2) is 3.70. The number of aliphatic hydroxyl groups is 1. The second-order valence-electron chi connectivity index (χ2n) is 3.58. The zero-order chi connectivity index (χ0) is 9.19. The number of hydrogen-bond donors (Lipinski definition) is 2. The molecular formula is C8H17NO3. The van der Waals surface area contributed by atoms with Gasteiger partial charge in [0.2, 0.25) is 0 Å². The molecule has 0 aliphatic carbocycles. The highest BCUT2D eigenvalue weighted by Crippen LogP contribution is 2.19. The Bertz CT molecular complexity index is 145. The van der Waals surface area contributed by atoms with Crippen molar-refractivity contribution >= 4 is 0 Å². The van der Waals surface area contributed by atoms with Crippen molar-refractivity contribution in [3.05, 3.63) is 0 Å². The Balaban J connectivity index is 2.23. The van der Waals surface area contributed by atoms with Crippen LogP contribution in [0.4, 0.5) is 0 Å². The average Bonchev–Trinajstić information content (AvgIpc) is 1.95. The van der Waals surface area contributed by atoms with Crippen molar-refractivity contribution < 1.29 is 14.6 Å². The Kier molecular flexibility index (Phi) is 3.06. The van der Waals surface area contributed by atoms with Gasteiger partial charge in [0.15, 0.2) is 0 Å². The summed E-state index contributed by atoms with van der Waals surface area (Å²) in [4.78, 5) is 0. The Morgan fingerprint density at radius 1 is 1.58 bits per heavy atom. The molecule has 1 saturated heterocycles. The fraction of sp³-hybridized carbons (Fsp3) is 1.00. The molecule has 1 atom stereocenters. The summed E-state index contributed by atoms with van der Waals surface area (Å²) < 4.78 is 10.2. The van der Waals surface area contributed by atoms with Crippen molar-refractivity contribution in [3.63, 3.8) is 0 Å². The molecule has 0 saturated carbocycles. The predicted octanol–water partition coefficient (Wildman–Crippen LogP) is -0.500. The van der Waals surface area contributed by atoms with E-state index in [4.69, 9.17) is 15.2 Å². The van der Waals surface area contributed by atoms with Crippen molar-refractivity contribution in [1.82, 2.24) is 0 Å². The van der Waals surface area contributed by atoms with E-state index in [1.807, 2.05) is 13.8 Å². The highest BCUT2D eigenvalue weighted by atomic mass is 16.5. The van der Waals surface area contributed by atoms with E-state index < -0.39 is 5.60 Å². The summed E-state index contributed by atoms with van der Waals surface area (Å²) in [6.45, 7) is 4.92. The van der Waals surface area contributed by atoms with Gasteiger partial charge in [0.25, 0.3) is 0 Å². The Morgan fingerprint density at radius 3 is 2.50 bits per heavy atom. The van der Waals surface area contributed by atoms with Crippen molar-refractivity contribution in [2.75, 3.05) is 19.8 Å². The summed E-state index contributed by atoms with van der Waals surface area (Å²) in [5.41, 5.74) is 4.85. The van der Waals surface area contributed by atoms with Crippen LogP contribution < -0.4 is 5.73 Å². The molecule has 1 aliphatic heterocycles. The first-order valence-electron chi connectivity index (χ1n) is 4.22. The second-order valence-corrected chi connectivity index (χ2v) is 3.58. The van der Waals surface area contributed by atoms with E-state index in [1.54, 1.807) is 0 Å². The molecule has 0 aromatic heterocycles. The molecule has 0 amide bonds. The van der Waals surface area contributed by atoms with Gasteiger partial charge in [-0.15, -0.1) is 0 Å². The van der Waals surface area contributed by atoms with Crippen LogP contribution in [0.1, 0.15) is 13.8 Å². The number of ether oxygens (including phenoxy) is 2. The quantitative estimate of drug-likeness (QED) is 0.604. The molecule has 12 heavy (non-hydrogen) atoms. The van der Waals surface area contributed by atoms with Crippen molar-refractivity contribution in [1.29, 1.82) is 0 Å². The van der Waals surface area contributed by atoms with Crippen LogP contribution in [0.2, 0.25) is 0 Å². The molecular weight excluding hydrogens is 158 g/mol. The van der Waals surface area contributed by atoms with E-state index in [0.717, 1.165) is 0 Å². The summed E-state index contributed by atoms with van der Waals surface area (Å²) >= 11 is 0. The van der Waals surface area contributed by atoms with Crippen molar-refractivity contribution in [2.45, 2.75) is 31.6 Å². The summed E-state index contributed by atoms with van der Waals surface area (Å²) in [5.74, 6) is 0. The first kappa shape index (κ1) is 9.92. The molecule has 0 aromatic carbocycles. The number of hydrogen-bond acceptors (Lipinski definition) is 4. The normalized spacial score (nSPS) is 23.8. The van der Waals surface area contributed by atoms with Gasteiger partial charge < -0.3 is 20.3 Å². The van der Waals surface area contributed by atoms with Crippen LogP contribution >= 0.6 is 0 Å². The van der Waals surface area contributed by atoms with E-state index in [2.05, 4.69) is 0 Å². The first-order valence-corrected chi connectivity index (χ1v) is 4.22. The van der Waals surface area contributed by atoms with Crippen LogP contribution in [-0.2, 0) is 9.47 Å². The summed E-state index contributed by atoms with van der Waals surface area (Å²) in [5, 5.41) is 9.66. The van der Waals surface area contributed by atoms with Gasteiger partial charge in [0, 0.05) is 0 Å². The smallest absolute Gasteiger partial charge is 0.128 e. The lowest BCUT2D eigenvalue weighted by molar-refractivity contribution is -0.197. The van der Waals surface area contributed by atoms with Crippen molar-refractivity contribution in [2.24, 2.45) is 5.73 Å². The van der Waals surface area contributed by atoms with Crippen LogP contribution in [0, 0.1) is 0 Å². The van der Waals surface area contributed by atoms with Gasteiger partial charge >= 0.3 is 0 Å². The van der Waals surface area contributed by atoms with Crippen LogP contribution in [0.5, 0.6) is 0 Å². The molecule has 1 aliphatic rings. The summed E-state index contributed by atoms with van der Waals surface area (Å²) in [6.07, 6.45) is 0.153. The zero-order valence-electron chi connectivity index (χ0n) is 7.62. The van der Waals surface area contributed by atoms with Gasteiger partial charge in [-0.2, -0.15) is 0 Å². The Labute approximate surface area is 72.6 Å². The molecule has 1 rings (SSSR count). The minimum atomic E-state index is -0.852. The van der Waals surface area contributed by atoms with Gasteiger partial charge in [-0.1, -0.05) is 0 Å². The standard InChI is InChI=1S/C8H17NO3/c1-6(2)12-3-7(9)8(10)4-11-5-8/h6-7,10H,3-5,9H2,1-2H3. The third-order valence-electron chi connectivity index (χ3n) is 2.00. The fourth-order valence-corrected chi connectivity index (χ4v) is 0.977. The predicted molar refractivity (Wildman–Crippen MR) is 44.8 cm³/mol. The van der Waals surface area contributed by atoms with Crippen LogP contribution in [0.25, 0.3) is 0 Å². The maximum absolute atomic E-state index is 9.66. The molecule has 0 radical (unpaired) electrons. The molecule has 0 spiro atoms. The molecule has 1 heterocycles. The van der Waals surface area contributed by atoms with Crippen molar-refractivity contribution in [3.8, 4) is 0 Å². The topological polar surface area (TPSA) is 64.7 Å². The third kappa shape index (κ3) is 2.17. The minimum Gasteiger partial charge on any atom is -0.383 e. The lowest BCUT2D eigenvalue weighted by Gasteiger charge is -2.40. The molecule has 3 N–H and O–H groups in total. The average molecular weight is 175 g/mol. The minimum absolute atomic E-state index is 0.153. The van der Waals surface area contributed by atoms with Gasteiger partial charge in [-0.05, 0) is 13.8 Å². The molecule has 72 valence electrons. The Morgan fingerprint density at radius 2 is 2.17 bits per heavy atom. The van der Waals surface area contributed by atoms with Gasteiger partial charge in [-0.25, -0.2) is 0 Å². The fourth-order valence-electron chi connectivity index (χ4n) is 0.977. The maximum Gasteiger partial charge on any atom is 0.128 e.